The molecule has 0 aromatic heterocycles. The number of piperidine rings is 1. The molecule has 0 saturated carbocycles. The van der Waals surface area contributed by atoms with Gasteiger partial charge in [0.05, 0.1) is 11.5 Å². The Morgan fingerprint density at radius 1 is 1.29 bits per heavy atom. The number of amides is 1. The Bertz CT molecular complexity index is 285. The van der Waals surface area contributed by atoms with Crippen molar-refractivity contribution < 1.29 is 4.79 Å². The summed E-state index contributed by atoms with van der Waals surface area (Å²) in [4.78, 5) is 13.8. The standard InChI is InChI=1S/C14H24N2O/c1-3-4-5-6-7-13(17)16-10-8-14(2,12-15)9-11-16/h3-11H2,1-2H3. The predicted octanol–water partition coefficient (Wildman–Crippen LogP) is 3.11. The summed E-state index contributed by atoms with van der Waals surface area (Å²) in [7, 11) is 0. The minimum Gasteiger partial charge on any atom is -0.343 e. The molecule has 0 bridgehead atoms. The zero-order chi connectivity index (χ0) is 12.7. The highest BCUT2D eigenvalue weighted by Gasteiger charge is 2.31. The molecule has 0 unspecified atom stereocenters. The van der Waals surface area contributed by atoms with Crippen molar-refractivity contribution in [2.75, 3.05) is 13.1 Å². The Morgan fingerprint density at radius 3 is 2.47 bits per heavy atom. The van der Waals surface area contributed by atoms with Crippen LogP contribution in [0.5, 0.6) is 0 Å². The first-order valence-corrected chi connectivity index (χ1v) is 6.80. The lowest BCUT2D eigenvalue weighted by Crippen LogP contribution is -2.41. The van der Waals surface area contributed by atoms with Crippen LogP contribution in [-0.4, -0.2) is 23.9 Å². The van der Waals surface area contributed by atoms with E-state index in [2.05, 4.69) is 13.0 Å². The van der Waals surface area contributed by atoms with Gasteiger partial charge >= 0.3 is 0 Å². The van der Waals surface area contributed by atoms with Gasteiger partial charge in [-0.25, -0.2) is 0 Å². The molecule has 1 aliphatic heterocycles. The van der Waals surface area contributed by atoms with E-state index in [1.165, 1.54) is 12.8 Å². The molecule has 0 aliphatic carbocycles. The minimum absolute atomic E-state index is 0.209. The Hall–Kier alpha value is -1.04. The topological polar surface area (TPSA) is 44.1 Å². The van der Waals surface area contributed by atoms with E-state index in [1.807, 2.05) is 11.8 Å². The first-order valence-electron chi connectivity index (χ1n) is 6.80. The lowest BCUT2D eigenvalue weighted by molar-refractivity contribution is -0.133. The summed E-state index contributed by atoms with van der Waals surface area (Å²) in [5.74, 6) is 0.279. The van der Waals surface area contributed by atoms with Crippen LogP contribution in [0.1, 0.15) is 58.8 Å². The van der Waals surface area contributed by atoms with Crippen molar-refractivity contribution in [2.24, 2.45) is 5.41 Å². The molecule has 0 spiro atoms. The van der Waals surface area contributed by atoms with Gasteiger partial charge in [-0.3, -0.25) is 4.79 Å². The molecule has 0 aromatic carbocycles. The van der Waals surface area contributed by atoms with Crippen molar-refractivity contribution in [3.63, 3.8) is 0 Å². The maximum Gasteiger partial charge on any atom is 0.222 e. The zero-order valence-corrected chi connectivity index (χ0v) is 11.2. The van der Waals surface area contributed by atoms with Gasteiger partial charge in [-0.1, -0.05) is 26.2 Å². The van der Waals surface area contributed by atoms with Crippen molar-refractivity contribution >= 4 is 5.91 Å². The summed E-state index contributed by atoms with van der Waals surface area (Å²) in [6.45, 7) is 5.69. The van der Waals surface area contributed by atoms with Crippen molar-refractivity contribution in [3.05, 3.63) is 0 Å². The number of nitriles is 1. The molecule has 1 saturated heterocycles. The lowest BCUT2D eigenvalue weighted by Gasteiger charge is -2.35. The summed E-state index contributed by atoms with van der Waals surface area (Å²) >= 11 is 0. The van der Waals surface area contributed by atoms with E-state index >= 15 is 0 Å². The Kier molecular flexibility index (Phi) is 5.47. The molecule has 0 atom stereocenters. The van der Waals surface area contributed by atoms with Crippen LogP contribution in [0.25, 0.3) is 0 Å². The van der Waals surface area contributed by atoms with Crippen molar-refractivity contribution in [2.45, 2.75) is 58.8 Å². The van der Waals surface area contributed by atoms with Crippen LogP contribution in [-0.2, 0) is 4.79 Å². The van der Waals surface area contributed by atoms with Gasteiger partial charge in [0.15, 0.2) is 0 Å². The number of likely N-dealkylation sites (tertiary alicyclic amines) is 1. The first kappa shape index (κ1) is 14.0. The maximum absolute atomic E-state index is 11.9. The number of hydrogen-bond acceptors (Lipinski definition) is 2. The molecule has 96 valence electrons. The van der Waals surface area contributed by atoms with Crippen LogP contribution in [0.3, 0.4) is 0 Å². The number of carbonyl (C=O) groups is 1. The van der Waals surface area contributed by atoms with E-state index in [-0.39, 0.29) is 11.3 Å². The van der Waals surface area contributed by atoms with Gasteiger partial charge in [-0.15, -0.1) is 0 Å². The van der Waals surface area contributed by atoms with Gasteiger partial charge in [-0.2, -0.15) is 5.26 Å². The van der Waals surface area contributed by atoms with E-state index in [4.69, 9.17) is 5.26 Å². The number of hydrogen-bond donors (Lipinski definition) is 0. The van der Waals surface area contributed by atoms with Crippen LogP contribution in [0.4, 0.5) is 0 Å². The van der Waals surface area contributed by atoms with Gasteiger partial charge in [0, 0.05) is 19.5 Å². The molecular weight excluding hydrogens is 212 g/mol. The number of unbranched alkanes of at least 4 members (excludes halogenated alkanes) is 3. The molecule has 1 fully saturated rings. The second kappa shape index (κ2) is 6.64. The normalized spacial score (nSPS) is 18.8. The van der Waals surface area contributed by atoms with E-state index in [0.717, 1.165) is 38.8 Å². The third-order valence-corrected chi connectivity index (χ3v) is 3.73. The average molecular weight is 236 g/mol. The van der Waals surface area contributed by atoms with Gasteiger partial charge in [0.25, 0.3) is 0 Å². The van der Waals surface area contributed by atoms with Gasteiger partial charge in [0.1, 0.15) is 0 Å². The molecule has 1 aliphatic rings. The lowest BCUT2D eigenvalue weighted by atomic mass is 9.82. The average Bonchev–Trinajstić information content (AvgIpc) is 2.35. The molecule has 0 N–H and O–H groups in total. The fraction of sp³-hybridized carbons (Fsp3) is 0.857. The van der Waals surface area contributed by atoms with Gasteiger partial charge in [0.2, 0.25) is 5.91 Å². The van der Waals surface area contributed by atoms with Crippen molar-refractivity contribution in [1.82, 2.24) is 4.90 Å². The van der Waals surface area contributed by atoms with E-state index < -0.39 is 0 Å². The van der Waals surface area contributed by atoms with Crippen LogP contribution >= 0.6 is 0 Å². The maximum atomic E-state index is 11.9. The van der Waals surface area contributed by atoms with Crippen LogP contribution in [0.2, 0.25) is 0 Å². The Morgan fingerprint density at radius 2 is 1.94 bits per heavy atom. The Labute approximate surface area is 105 Å². The largest absolute Gasteiger partial charge is 0.343 e. The molecule has 1 rings (SSSR count). The van der Waals surface area contributed by atoms with E-state index in [9.17, 15) is 4.79 Å². The molecule has 1 heterocycles. The third kappa shape index (κ3) is 4.38. The van der Waals surface area contributed by atoms with Crippen molar-refractivity contribution in [3.8, 4) is 6.07 Å². The van der Waals surface area contributed by atoms with Crippen LogP contribution < -0.4 is 0 Å². The molecule has 3 nitrogen and oxygen atoms in total. The quantitative estimate of drug-likeness (QED) is 0.688. The Balaban J connectivity index is 2.24. The van der Waals surface area contributed by atoms with Gasteiger partial charge in [-0.05, 0) is 26.2 Å². The molecule has 0 aromatic rings. The highest BCUT2D eigenvalue weighted by Crippen LogP contribution is 2.30. The summed E-state index contributed by atoms with van der Waals surface area (Å²) in [5.41, 5.74) is -0.209. The number of nitrogens with zero attached hydrogens (tertiary/aromatic N) is 2. The van der Waals surface area contributed by atoms with Crippen molar-refractivity contribution in [1.29, 1.82) is 5.26 Å². The fourth-order valence-electron chi connectivity index (χ4n) is 2.22. The third-order valence-electron chi connectivity index (χ3n) is 3.73. The zero-order valence-electron chi connectivity index (χ0n) is 11.2. The van der Waals surface area contributed by atoms with E-state index in [1.54, 1.807) is 0 Å². The highest BCUT2D eigenvalue weighted by atomic mass is 16.2. The number of rotatable bonds is 5. The highest BCUT2D eigenvalue weighted by molar-refractivity contribution is 5.76. The predicted molar refractivity (Wildman–Crippen MR) is 68.3 cm³/mol. The first-order chi connectivity index (χ1) is 8.11. The molecule has 0 radical (unpaired) electrons. The fourth-order valence-corrected chi connectivity index (χ4v) is 2.22. The smallest absolute Gasteiger partial charge is 0.222 e. The van der Waals surface area contributed by atoms with E-state index in [0.29, 0.717) is 6.42 Å². The summed E-state index contributed by atoms with van der Waals surface area (Å²) in [6.07, 6.45) is 6.93. The van der Waals surface area contributed by atoms with Crippen LogP contribution in [0.15, 0.2) is 0 Å². The summed E-state index contributed by atoms with van der Waals surface area (Å²) < 4.78 is 0. The second-order valence-corrected chi connectivity index (χ2v) is 5.36. The monoisotopic (exact) mass is 236 g/mol. The second-order valence-electron chi connectivity index (χ2n) is 5.36. The minimum atomic E-state index is -0.209. The molecule has 3 heteroatoms. The van der Waals surface area contributed by atoms with Gasteiger partial charge < -0.3 is 4.90 Å². The molecular formula is C14H24N2O. The number of carbonyl (C=O) groups excluding carboxylic acids is 1. The molecule has 17 heavy (non-hydrogen) atoms. The summed E-state index contributed by atoms with van der Waals surface area (Å²) in [5, 5.41) is 9.02. The molecule has 1 amide bonds. The SMILES string of the molecule is CCCCCCC(=O)N1CCC(C)(C#N)CC1. The summed E-state index contributed by atoms with van der Waals surface area (Å²) in [6, 6.07) is 2.36. The van der Waals surface area contributed by atoms with Crippen LogP contribution in [0, 0.1) is 16.7 Å².